The summed E-state index contributed by atoms with van der Waals surface area (Å²) in [5, 5.41) is 0. The fourth-order valence-electron chi connectivity index (χ4n) is 2.37. The highest BCUT2D eigenvalue weighted by molar-refractivity contribution is 7.87. The zero-order valence-electron chi connectivity index (χ0n) is 14.7. The Morgan fingerprint density at radius 1 is 0.846 bits per heavy atom. The molecule has 8 heteroatoms. The first-order valence-corrected chi connectivity index (χ1v) is 8.92. The van der Waals surface area contributed by atoms with Gasteiger partial charge in [-0.1, -0.05) is 17.7 Å². The van der Waals surface area contributed by atoms with Gasteiger partial charge in [0.1, 0.15) is 10.6 Å². The topological polar surface area (TPSA) is 96.0 Å². The number of hydrogen-bond donors (Lipinski definition) is 0. The molecule has 0 fully saturated rings. The molecular weight excluding hydrogens is 360 g/mol. The highest BCUT2D eigenvalue weighted by atomic mass is 32.2. The van der Waals surface area contributed by atoms with Gasteiger partial charge < -0.3 is 13.7 Å². The van der Waals surface area contributed by atoms with E-state index in [1.165, 1.54) is 38.5 Å². The maximum atomic E-state index is 12.6. The average molecular weight is 378 g/mol. The Balaban J connectivity index is 2.50. The van der Waals surface area contributed by atoms with E-state index in [0.717, 1.165) is 5.56 Å². The monoisotopic (exact) mass is 378 g/mol. The summed E-state index contributed by atoms with van der Waals surface area (Å²) in [7, 11) is -1.83. The van der Waals surface area contributed by atoms with E-state index >= 15 is 0 Å². The van der Waals surface area contributed by atoms with E-state index in [9.17, 15) is 18.0 Å². The van der Waals surface area contributed by atoms with Crippen molar-refractivity contribution in [2.24, 2.45) is 0 Å². The highest BCUT2D eigenvalue weighted by Crippen LogP contribution is 2.25. The Hall–Kier alpha value is -2.87. The molecule has 2 aromatic rings. The lowest BCUT2D eigenvalue weighted by atomic mass is 10.1. The van der Waals surface area contributed by atoms with Gasteiger partial charge in [-0.05, 0) is 43.7 Å². The fourth-order valence-corrected chi connectivity index (χ4v) is 3.50. The third-order valence-corrected chi connectivity index (χ3v) is 4.96. The molecule has 2 rings (SSSR count). The number of carbonyl (C=O) groups excluding carboxylic acids is 2. The molecule has 0 saturated carbocycles. The Morgan fingerprint density at radius 3 is 1.85 bits per heavy atom. The number of rotatable bonds is 5. The number of methoxy groups -OCH3 is 2. The van der Waals surface area contributed by atoms with Crippen molar-refractivity contribution in [1.29, 1.82) is 0 Å². The molecule has 0 aliphatic carbocycles. The molecule has 0 aromatic heterocycles. The lowest BCUT2D eigenvalue weighted by Crippen LogP contribution is -2.13. The minimum atomic E-state index is -4.16. The number of esters is 2. The molecule has 7 nitrogen and oxygen atoms in total. The van der Waals surface area contributed by atoms with Crippen molar-refractivity contribution < 1.29 is 31.7 Å². The largest absolute Gasteiger partial charge is 0.465 e. The smallest absolute Gasteiger partial charge is 0.339 e. The van der Waals surface area contributed by atoms with Crippen LogP contribution in [0.1, 0.15) is 31.8 Å². The van der Waals surface area contributed by atoms with E-state index in [4.69, 9.17) is 4.18 Å². The van der Waals surface area contributed by atoms with Crippen molar-refractivity contribution >= 4 is 22.1 Å². The molecule has 0 heterocycles. The highest BCUT2D eigenvalue weighted by Gasteiger charge is 2.22. The van der Waals surface area contributed by atoms with E-state index in [1.54, 1.807) is 19.1 Å². The number of ether oxygens (including phenoxy) is 2. The summed E-state index contributed by atoms with van der Waals surface area (Å²) in [6.45, 7) is 3.49. The Bertz CT molecular complexity index is 927. The van der Waals surface area contributed by atoms with Gasteiger partial charge in [-0.25, -0.2) is 9.59 Å². The normalized spacial score (nSPS) is 10.9. The van der Waals surface area contributed by atoms with Crippen LogP contribution in [0.15, 0.2) is 41.3 Å². The van der Waals surface area contributed by atoms with Crippen molar-refractivity contribution in [1.82, 2.24) is 0 Å². The molecule has 26 heavy (non-hydrogen) atoms. The zero-order chi connectivity index (χ0) is 19.5. The third kappa shape index (κ3) is 4.20. The molecule has 0 radical (unpaired) electrons. The average Bonchev–Trinajstić information content (AvgIpc) is 2.59. The van der Waals surface area contributed by atoms with E-state index in [1.807, 2.05) is 6.92 Å². The van der Waals surface area contributed by atoms with Gasteiger partial charge in [-0.15, -0.1) is 0 Å². The third-order valence-electron chi connectivity index (χ3n) is 3.55. The standard InChI is InChI=1S/C18H18O7S/c1-11-5-6-16(12(2)7-11)26(21,22)25-15-9-13(17(19)23-3)8-14(10-15)18(20)24-4/h5-10H,1-4H3. The summed E-state index contributed by atoms with van der Waals surface area (Å²) < 4.78 is 39.5. The van der Waals surface area contributed by atoms with E-state index in [2.05, 4.69) is 9.47 Å². The maximum Gasteiger partial charge on any atom is 0.339 e. The van der Waals surface area contributed by atoms with Crippen molar-refractivity contribution in [2.45, 2.75) is 18.7 Å². The Kier molecular flexibility index (Phi) is 5.66. The van der Waals surface area contributed by atoms with Crippen molar-refractivity contribution in [2.75, 3.05) is 14.2 Å². The summed E-state index contributed by atoms with van der Waals surface area (Å²) in [6, 6.07) is 8.38. The van der Waals surface area contributed by atoms with Crippen LogP contribution in [0.3, 0.4) is 0 Å². The molecule has 138 valence electrons. The Labute approximate surface area is 151 Å². The first-order valence-electron chi connectivity index (χ1n) is 7.51. The second kappa shape index (κ2) is 7.57. The molecule has 2 aromatic carbocycles. The molecule has 0 unspecified atom stereocenters. The summed E-state index contributed by atoms with van der Waals surface area (Å²) >= 11 is 0. The molecule has 0 aliphatic heterocycles. The quantitative estimate of drug-likeness (QED) is 0.583. The van der Waals surface area contributed by atoms with Crippen LogP contribution in [0.25, 0.3) is 0 Å². The molecule has 0 bridgehead atoms. The van der Waals surface area contributed by atoms with E-state index in [0.29, 0.717) is 5.56 Å². The van der Waals surface area contributed by atoms with Gasteiger partial charge in [0, 0.05) is 0 Å². The van der Waals surface area contributed by atoms with Crippen molar-refractivity contribution in [3.8, 4) is 5.75 Å². The minimum Gasteiger partial charge on any atom is -0.465 e. The number of benzene rings is 2. The summed E-state index contributed by atoms with van der Waals surface area (Å²) in [6.07, 6.45) is 0. The first kappa shape index (κ1) is 19.5. The lowest BCUT2D eigenvalue weighted by Gasteiger charge is -2.12. The van der Waals surface area contributed by atoms with Crippen LogP contribution >= 0.6 is 0 Å². The van der Waals surface area contributed by atoms with Gasteiger partial charge in [0.05, 0.1) is 25.3 Å². The fraction of sp³-hybridized carbons (Fsp3) is 0.222. The van der Waals surface area contributed by atoms with Crippen LogP contribution in [0.4, 0.5) is 0 Å². The minimum absolute atomic E-state index is 0.00816. The first-order chi connectivity index (χ1) is 12.2. The predicted octanol–water partition coefficient (Wildman–Crippen LogP) is 2.64. The van der Waals surface area contributed by atoms with Crippen molar-refractivity contribution in [3.05, 3.63) is 58.7 Å². The Morgan fingerprint density at radius 2 is 1.38 bits per heavy atom. The molecule has 0 N–H and O–H groups in total. The van der Waals surface area contributed by atoms with E-state index < -0.39 is 22.1 Å². The second-order valence-corrected chi connectivity index (χ2v) is 7.05. The van der Waals surface area contributed by atoms with Crippen LogP contribution in [0, 0.1) is 13.8 Å². The van der Waals surface area contributed by atoms with Gasteiger partial charge in [0.15, 0.2) is 0 Å². The van der Waals surface area contributed by atoms with Gasteiger partial charge in [-0.2, -0.15) is 8.42 Å². The molecule has 0 aliphatic rings. The second-order valence-electron chi connectivity index (χ2n) is 5.54. The van der Waals surface area contributed by atoms with Crippen LogP contribution in [0.5, 0.6) is 5.75 Å². The zero-order valence-corrected chi connectivity index (χ0v) is 15.5. The van der Waals surface area contributed by atoms with E-state index in [-0.39, 0.29) is 21.8 Å². The van der Waals surface area contributed by atoms with Crippen LogP contribution in [-0.4, -0.2) is 34.6 Å². The van der Waals surface area contributed by atoms with Gasteiger partial charge >= 0.3 is 22.1 Å². The summed E-state index contributed by atoms with van der Waals surface area (Å²) in [5.41, 5.74) is 1.34. The molecular formula is C18H18O7S. The molecule has 0 amide bonds. The van der Waals surface area contributed by atoms with Crippen LogP contribution in [0.2, 0.25) is 0 Å². The number of aryl methyl sites for hydroxylation is 2. The summed E-state index contributed by atoms with van der Waals surface area (Å²) in [5.74, 6) is -1.69. The van der Waals surface area contributed by atoms with Gasteiger partial charge in [0.25, 0.3) is 0 Å². The summed E-state index contributed by atoms with van der Waals surface area (Å²) in [4.78, 5) is 23.5. The molecule has 0 saturated heterocycles. The number of hydrogen-bond acceptors (Lipinski definition) is 7. The lowest BCUT2D eigenvalue weighted by molar-refractivity contribution is 0.0598. The van der Waals surface area contributed by atoms with Crippen LogP contribution in [-0.2, 0) is 19.6 Å². The number of carbonyl (C=O) groups is 2. The van der Waals surface area contributed by atoms with Gasteiger partial charge in [-0.3, -0.25) is 0 Å². The molecule has 0 spiro atoms. The SMILES string of the molecule is COC(=O)c1cc(OS(=O)(=O)c2ccc(C)cc2C)cc(C(=O)OC)c1. The van der Waals surface area contributed by atoms with Crippen LogP contribution < -0.4 is 4.18 Å². The predicted molar refractivity (Wildman–Crippen MR) is 92.9 cm³/mol. The van der Waals surface area contributed by atoms with Crippen molar-refractivity contribution in [3.63, 3.8) is 0 Å². The van der Waals surface area contributed by atoms with Gasteiger partial charge in [0.2, 0.25) is 0 Å². The maximum absolute atomic E-state index is 12.6. The molecule has 0 atom stereocenters.